The van der Waals surface area contributed by atoms with E-state index in [4.69, 9.17) is 4.74 Å². The van der Waals surface area contributed by atoms with Gasteiger partial charge in [-0.3, -0.25) is 0 Å². The van der Waals surface area contributed by atoms with Crippen LogP contribution in [-0.2, 0) is 4.74 Å². The van der Waals surface area contributed by atoms with Crippen LogP contribution in [0, 0.1) is 11.8 Å². The van der Waals surface area contributed by atoms with Crippen molar-refractivity contribution in [1.29, 1.82) is 0 Å². The summed E-state index contributed by atoms with van der Waals surface area (Å²) in [5.74, 6) is 2.00. The Kier molecular flexibility index (Phi) is 1.46. The van der Waals surface area contributed by atoms with Crippen LogP contribution in [0.25, 0.3) is 0 Å². The summed E-state index contributed by atoms with van der Waals surface area (Å²) in [7, 11) is 4.00. The number of piperidine rings is 1. The second kappa shape index (κ2) is 2.21. The normalized spacial score (nSPS) is 45.6. The number of fused-ring (bicyclic) bond motifs is 1. The zero-order valence-corrected chi connectivity index (χ0v) is 6.71. The quantitative estimate of drug-likeness (QED) is 0.558. The van der Waals surface area contributed by atoms with Crippen LogP contribution in [0.3, 0.4) is 0 Å². The van der Waals surface area contributed by atoms with Gasteiger partial charge in [0.25, 0.3) is 0 Å². The van der Waals surface area contributed by atoms with Gasteiger partial charge in [0, 0.05) is 19.7 Å². The Morgan fingerprint density at radius 2 is 2.40 bits per heavy atom. The van der Waals surface area contributed by atoms with Crippen molar-refractivity contribution >= 4 is 0 Å². The minimum atomic E-state index is 0.731. The van der Waals surface area contributed by atoms with E-state index in [1.54, 1.807) is 7.11 Å². The van der Waals surface area contributed by atoms with Gasteiger partial charge >= 0.3 is 0 Å². The first-order valence-electron chi connectivity index (χ1n) is 4.02. The molecule has 0 radical (unpaired) electrons. The van der Waals surface area contributed by atoms with Crippen LogP contribution in [0.15, 0.2) is 0 Å². The largest absolute Gasteiger partial charge is 0.383 e. The molecule has 1 heterocycles. The monoisotopic (exact) mass is 141 g/mol. The van der Waals surface area contributed by atoms with E-state index in [0.29, 0.717) is 0 Å². The molecule has 1 unspecified atom stereocenters. The van der Waals surface area contributed by atoms with E-state index in [0.717, 1.165) is 24.5 Å². The van der Waals surface area contributed by atoms with Gasteiger partial charge in [0.15, 0.2) is 0 Å². The lowest BCUT2D eigenvalue weighted by atomic mass is 10.2. The molecule has 0 aromatic heterocycles. The Hall–Kier alpha value is -0.0800. The number of nitrogens with zero attached hydrogens (tertiary/aromatic N) is 1. The van der Waals surface area contributed by atoms with E-state index in [2.05, 4.69) is 11.9 Å². The predicted octanol–water partition coefficient (Wildman–Crippen LogP) is 0.583. The van der Waals surface area contributed by atoms with Crippen LogP contribution in [0.4, 0.5) is 0 Å². The molecule has 58 valence electrons. The van der Waals surface area contributed by atoms with Crippen molar-refractivity contribution in [3.05, 3.63) is 0 Å². The third-order valence-corrected chi connectivity index (χ3v) is 2.90. The zero-order valence-electron chi connectivity index (χ0n) is 6.71. The van der Waals surface area contributed by atoms with Gasteiger partial charge in [0.2, 0.25) is 0 Å². The van der Waals surface area contributed by atoms with Crippen molar-refractivity contribution < 1.29 is 4.74 Å². The molecule has 10 heavy (non-hydrogen) atoms. The fourth-order valence-electron chi connectivity index (χ4n) is 2.21. The maximum Gasteiger partial charge on any atom is 0.0620 e. The van der Waals surface area contributed by atoms with E-state index in [-0.39, 0.29) is 0 Å². The van der Waals surface area contributed by atoms with Gasteiger partial charge in [0.1, 0.15) is 0 Å². The maximum atomic E-state index is 5.15. The van der Waals surface area contributed by atoms with Crippen molar-refractivity contribution in [3.8, 4) is 0 Å². The first-order chi connectivity index (χ1) is 4.83. The molecule has 0 aromatic carbocycles. The van der Waals surface area contributed by atoms with Gasteiger partial charge < -0.3 is 9.64 Å². The van der Waals surface area contributed by atoms with Gasteiger partial charge in [-0.25, -0.2) is 0 Å². The van der Waals surface area contributed by atoms with Crippen molar-refractivity contribution in [1.82, 2.24) is 4.90 Å². The second-order valence-electron chi connectivity index (χ2n) is 3.62. The van der Waals surface area contributed by atoms with Crippen molar-refractivity contribution in [2.75, 3.05) is 27.3 Å². The molecule has 0 spiro atoms. The molecule has 1 aliphatic heterocycles. The highest BCUT2D eigenvalue weighted by molar-refractivity contribution is 5.02. The Labute approximate surface area is 62.2 Å². The van der Waals surface area contributed by atoms with Crippen molar-refractivity contribution in [3.63, 3.8) is 0 Å². The molecule has 2 heteroatoms. The Morgan fingerprint density at radius 3 is 2.90 bits per heavy atom. The van der Waals surface area contributed by atoms with Gasteiger partial charge in [0.05, 0.1) is 6.61 Å². The summed E-state index contributed by atoms with van der Waals surface area (Å²) in [5.41, 5.74) is 0. The Bertz CT molecular complexity index is 135. The summed E-state index contributed by atoms with van der Waals surface area (Å²) in [6.07, 6.45) is 1.46. The number of ether oxygens (including phenoxy) is 1. The SMILES string of the molecule is COC[C@@H]1C2C[C@@H]2CN1C. The topological polar surface area (TPSA) is 12.5 Å². The Balaban J connectivity index is 1.92. The number of methoxy groups -OCH3 is 1. The fourth-order valence-corrected chi connectivity index (χ4v) is 2.21. The van der Waals surface area contributed by atoms with Crippen LogP contribution in [0.2, 0.25) is 0 Å². The highest BCUT2D eigenvalue weighted by atomic mass is 16.5. The lowest BCUT2D eigenvalue weighted by Crippen LogP contribution is -2.32. The van der Waals surface area contributed by atoms with Crippen LogP contribution in [-0.4, -0.2) is 38.3 Å². The average molecular weight is 141 g/mol. The molecule has 1 saturated carbocycles. The maximum absolute atomic E-state index is 5.15. The molecule has 1 saturated heterocycles. The van der Waals surface area contributed by atoms with Gasteiger partial charge in [-0.2, -0.15) is 0 Å². The van der Waals surface area contributed by atoms with Crippen LogP contribution < -0.4 is 0 Å². The van der Waals surface area contributed by atoms with E-state index < -0.39 is 0 Å². The molecule has 3 atom stereocenters. The molecule has 2 aliphatic rings. The van der Waals surface area contributed by atoms with Crippen LogP contribution in [0.5, 0.6) is 0 Å². The number of hydrogen-bond acceptors (Lipinski definition) is 2. The Morgan fingerprint density at radius 1 is 1.60 bits per heavy atom. The predicted molar refractivity (Wildman–Crippen MR) is 39.9 cm³/mol. The first-order valence-corrected chi connectivity index (χ1v) is 4.02. The summed E-state index contributed by atoms with van der Waals surface area (Å²) in [6.45, 7) is 2.23. The molecule has 0 N–H and O–H groups in total. The van der Waals surface area contributed by atoms with Gasteiger partial charge in [-0.15, -0.1) is 0 Å². The van der Waals surface area contributed by atoms with Crippen molar-refractivity contribution in [2.45, 2.75) is 12.5 Å². The van der Waals surface area contributed by atoms with E-state index in [1.807, 2.05) is 0 Å². The summed E-state index contributed by atoms with van der Waals surface area (Å²) in [5, 5.41) is 0. The third-order valence-electron chi connectivity index (χ3n) is 2.90. The number of likely N-dealkylation sites (N-methyl/N-ethyl adjacent to an activating group) is 1. The average Bonchev–Trinajstić information content (AvgIpc) is 2.57. The first kappa shape index (κ1) is 6.62. The second-order valence-corrected chi connectivity index (χ2v) is 3.62. The minimum absolute atomic E-state index is 0.731. The zero-order chi connectivity index (χ0) is 7.14. The molecule has 2 nitrogen and oxygen atoms in total. The lowest BCUT2D eigenvalue weighted by Gasteiger charge is -2.21. The molecule has 2 rings (SSSR count). The molecule has 2 fully saturated rings. The minimum Gasteiger partial charge on any atom is -0.383 e. The molecule has 1 aliphatic carbocycles. The van der Waals surface area contributed by atoms with Crippen LogP contribution in [0.1, 0.15) is 6.42 Å². The molecular weight excluding hydrogens is 126 g/mol. The summed E-state index contributed by atoms with van der Waals surface area (Å²) in [6, 6.07) is 0.731. The molecule has 0 amide bonds. The summed E-state index contributed by atoms with van der Waals surface area (Å²) >= 11 is 0. The fraction of sp³-hybridized carbons (Fsp3) is 1.00. The number of likely N-dealkylation sites (tertiary alicyclic amines) is 1. The van der Waals surface area contributed by atoms with Gasteiger partial charge in [-0.05, 0) is 25.3 Å². The van der Waals surface area contributed by atoms with E-state index in [1.165, 1.54) is 13.0 Å². The number of hydrogen-bond donors (Lipinski definition) is 0. The van der Waals surface area contributed by atoms with Crippen LogP contribution >= 0.6 is 0 Å². The van der Waals surface area contributed by atoms with Gasteiger partial charge in [-0.1, -0.05) is 0 Å². The molecule has 0 bridgehead atoms. The summed E-state index contributed by atoms with van der Waals surface area (Å²) < 4.78 is 5.15. The lowest BCUT2D eigenvalue weighted by molar-refractivity contribution is 0.115. The highest BCUT2D eigenvalue weighted by Crippen LogP contribution is 2.48. The smallest absolute Gasteiger partial charge is 0.0620 e. The summed E-state index contributed by atoms with van der Waals surface area (Å²) in [4.78, 5) is 2.43. The van der Waals surface area contributed by atoms with Crippen molar-refractivity contribution in [2.24, 2.45) is 11.8 Å². The van der Waals surface area contributed by atoms with E-state index >= 15 is 0 Å². The number of rotatable bonds is 2. The highest BCUT2D eigenvalue weighted by Gasteiger charge is 2.50. The molecular formula is C8H15NO. The van der Waals surface area contributed by atoms with E-state index in [9.17, 15) is 0 Å². The standard InChI is InChI=1S/C8H15NO/c1-9-4-6-3-7(6)8(9)5-10-2/h6-8H,3-5H2,1-2H3/t6-,7?,8-/m1/s1. The third kappa shape index (κ3) is 0.867. The molecule has 0 aromatic rings.